The van der Waals surface area contributed by atoms with Crippen LogP contribution in [0.1, 0.15) is 36.1 Å². The highest BCUT2D eigenvalue weighted by Crippen LogP contribution is 2.48. The van der Waals surface area contributed by atoms with Gasteiger partial charge in [-0.25, -0.2) is 0 Å². The van der Waals surface area contributed by atoms with Gasteiger partial charge in [0.05, 0.1) is 0 Å². The van der Waals surface area contributed by atoms with Crippen molar-refractivity contribution in [3.05, 3.63) is 216 Å². The van der Waals surface area contributed by atoms with Crippen molar-refractivity contribution in [3.63, 3.8) is 0 Å². The summed E-state index contributed by atoms with van der Waals surface area (Å²) in [5.74, 6) is 0. The molecule has 0 aromatic heterocycles. The summed E-state index contributed by atoms with van der Waals surface area (Å²) < 4.78 is 0. The lowest BCUT2D eigenvalue weighted by molar-refractivity contribution is 0.660. The molecule has 0 nitrogen and oxygen atoms in total. The fourth-order valence-corrected chi connectivity index (χ4v) is 8.62. The van der Waals surface area contributed by atoms with Crippen molar-refractivity contribution in [2.45, 2.75) is 19.3 Å². The Bertz CT molecular complexity index is 2520. The number of benzene rings is 8. The second kappa shape index (κ2) is 13.8. The summed E-state index contributed by atoms with van der Waals surface area (Å²) in [5.41, 5.74) is 15.7. The van der Waals surface area contributed by atoms with Crippen LogP contribution in [-0.2, 0) is 5.41 Å². The van der Waals surface area contributed by atoms with Gasteiger partial charge >= 0.3 is 0 Å². The van der Waals surface area contributed by atoms with Gasteiger partial charge in [-0.1, -0.05) is 253 Å². The van der Waals surface area contributed by atoms with Crippen molar-refractivity contribution < 1.29 is 0 Å². The molecule has 0 heterocycles. The first kappa shape index (κ1) is 32.8. The smallest absolute Gasteiger partial charge is 0.0687 e. The van der Waals surface area contributed by atoms with Crippen molar-refractivity contribution >= 4 is 69.1 Å². The van der Waals surface area contributed by atoms with E-state index in [0.29, 0.717) is 0 Å². The van der Waals surface area contributed by atoms with E-state index in [0.717, 1.165) is 0 Å². The molecule has 1 aliphatic carbocycles. The number of fused-ring (bicyclic) bond motifs is 4. The van der Waals surface area contributed by atoms with Crippen molar-refractivity contribution in [2.24, 2.45) is 0 Å². The highest BCUT2D eigenvalue weighted by atomic mass is 14.4. The maximum atomic E-state index is 2.47. The zero-order valence-corrected chi connectivity index (χ0v) is 30.3. The molecule has 0 unspecified atom stereocenters. The van der Waals surface area contributed by atoms with Crippen molar-refractivity contribution in [2.75, 3.05) is 0 Å². The highest BCUT2D eigenvalue weighted by molar-refractivity contribution is 6.97. The number of hydrogen-bond donors (Lipinski definition) is 0. The van der Waals surface area contributed by atoms with Crippen LogP contribution in [0.3, 0.4) is 0 Å². The van der Waals surface area contributed by atoms with E-state index < -0.39 is 0 Å². The molecule has 2 heteroatoms. The van der Waals surface area contributed by atoms with Crippen LogP contribution in [-0.4, -0.2) is 13.4 Å². The highest BCUT2D eigenvalue weighted by Gasteiger charge is 2.36. The van der Waals surface area contributed by atoms with Gasteiger partial charge in [-0.3, -0.25) is 0 Å². The summed E-state index contributed by atoms with van der Waals surface area (Å²) in [5, 5.41) is 2.58. The van der Waals surface area contributed by atoms with Crippen LogP contribution < -0.4 is 32.8 Å². The Morgan fingerprint density at radius 2 is 0.849 bits per heavy atom. The lowest BCUT2D eigenvalue weighted by Gasteiger charge is -2.24. The molecular weight excluding hydrogens is 634 g/mol. The molecule has 8 aromatic carbocycles. The van der Waals surface area contributed by atoms with Gasteiger partial charge in [0.15, 0.2) is 0 Å². The molecule has 0 radical (unpaired) electrons. The van der Waals surface area contributed by atoms with Crippen LogP contribution in [0.15, 0.2) is 194 Å². The van der Waals surface area contributed by atoms with Gasteiger partial charge in [0.1, 0.15) is 0 Å². The summed E-state index contributed by atoms with van der Waals surface area (Å²) in [6, 6.07) is 71.4. The molecule has 0 spiro atoms. The van der Waals surface area contributed by atoms with Crippen LogP contribution in [0.25, 0.3) is 34.1 Å². The van der Waals surface area contributed by atoms with Crippen LogP contribution in [0.5, 0.6) is 0 Å². The monoisotopic (exact) mass is 674 g/mol. The molecular formula is C51H40B2. The third kappa shape index (κ3) is 6.15. The molecule has 53 heavy (non-hydrogen) atoms. The average Bonchev–Trinajstić information content (AvgIpc) is 3.44. The van der Waals surface area contributed by atoms with Gasteiger partial charge in [0, 0.05) is 5.41 Å². The third-order valence-corrected chi connectivity index (χ3v) is 11.3. The zero-order chi connectivity index (χ0) is 35.8. The zero-order valence-electron chi connectivity index (χ0n) is 30.3. The molecule has 0 fully saturated rings. The molecule has 9 rings (SSSR count). The Morgan fingerprint density at radius 1 is 0.377 bits per heavy atom. The third-order valence-electron chi connectivity index (χ3n) is 11.3. The van der Waals surface area contributed by atoms with Crippen LogP contribution in [0.4, 0.5) is 0 Å². The average molecular weight is 675 g/mol. The Balaban J connectivity index is 1.01. The molecule has 0 aliphatic heterocycles. The van der Waals surface area contributed by atoms with E-state index in [1.165, 1.54) is 76.9 Å². The Morgan fingerprint density at radius 3 is 1.51 bits per heavy atom. The van der Waals surface area contributed by atoms with Crippen molar-refractivity contribution in [1.29, 1.82) is 0 Å². The van der Waals surface area contributed by atoms with Gasteiger partial charge in [0.25, 0.3) is 0 Å². The van der Waals surface area contributed by atoms with Crippen LogP contribution in [0.2, 0.25) is 0 Å². The first-order chi connectivity index (χ1) is 26.0. The molecule has 8 aromatic rings. The first-order valence-electron chi connectivity index (χ1n) is 18.7. The van der Waals surface area contributed by atoms with E-state index in [1.807, 2.05) is 0 Å². The number of rotatable bonds is 8. The van der Waals surface area contributed by atoms with Gasteiger partial charge < -0.3 is 0 Å². The largest absolute Gasteiger partial charge is 0.241 e. The lowest BCUT2D eigenvalue weighted by Crippen LogP contribution is -2.52. The summed E-state index contributed by atoms with van der Waals surface area (Å²) in [6.45, 7) is 5.10. The minimum Gasteiger partial charge on any atom is -0.0687 e. The Kier molecular flexibility index (Phi) is 8.53. The maximum absolute atomic E-state index is 2.47. The second-order valence-electron chi connectivity index (χ2n) is 14.9. The van der Waals surface area contributed by atoms with Crippen LogP contribution in [0, 0.1) is 0 Å². The number of hydrogen-bond acceptors (Lipinski definition) is 0. The quantitative estimate of drug-likeness (QED) is 0.112. The van der Waals surface area contributed by atoms with Crippen molar-refractivity contribution in [3.8, 4) is 11.1 Å². The molecule has 0 saturated heterocycles. The molecule has 0 bridgehead atoms. The van der Waals surface area contributed by atoms with Gasteiger partial charge in [-0.2, -0.15) is 0 Å². The summed E-state index contributed by atoms with van der Waals surface area (Å²) in [6.07, 6.45) is 4.51. The predicted molar refractivity (Wildman–Crippen MR) is 232 cm³/mol. The van der Waals surface area contributed by atoms with Crippen molar-refractivity contribution in [1.82, 2.24) is 0 Å². The molecule has 0 amide bonds. The van der Waals surface area contributed by atoms with Crippen LogP contribution >= 0.6 is 0 Å². The summed E-state index contributed by atoms with van der Waals surface area (Å²) >= 11 is 0. The topological polar surface area (TPSA) is 0 Å². The predicted octanol–water partition coefficient (Wildman–Crippen LogP) is 8.35. The van der Waals surface area contributed by atoms with E-state index in [1.54, 1.807) is 0 Å². The van der Waals surface area contributed by atoms with E-state index in [2.05, 4.69) is 220 Å². The fourth-order valence-electron chi connectivity index (χ4n) is 8.62. The van der Waals surface area contributed by atoms with E-state index >= 15 is 0 Å². The van der Waals surface area contributed by atoms with Gasteiger partial charge in [-0.15, -0.1) is 0 Å². The molecule has 0 N–H and O–H groups in total. The summed E-state index contributed by atoms with van der Waals surface area (Å²) in [7, 11) is 0. The van der Waals surface area contributed by atoms with Gasteiger partial charge in [0.2, 0.25) is 13.4 Å². The first-order valence-corrected chi connectivity index (χ1v) is 18.7. The van der Waals surface area contributed by atoms with E-state index in [-0.39, 0.29) is 18.8 Å². The minimum atomic E-state index is -0.113. The molecule has 0 atom stereocenters. The second-order valence-corrected chi connectivity index (χ2v) is 14.9. The molecule has 1 aliphatic rings. The fraction of sp³-hybridized carbons (Fsp3) is 0.0588. The SMILES string of the molecule is CC1(C)c2cc(/C=C/c3ccc(B(c4ccccc4)c4cccc5ccccc45)cc3)ccc2-c2ccc(B(c3ccccc3)c3ccccc3)cc21. The van der Waals surface area contributed by atoms with E-state index in [9.17, 15) is 0 Å². The Hall–Kier alpha value is -6.11. The maximum Gasteiger partial charge on any atom is 0.241 e. The minimum absolute atomic E-state index is 0.113. The molecule has 0 saturated carbocycles. The van der Waals surface area contributed by atoms with E-state index in [4.69, 9.17) is 0 Å². The molecule has 250 valence electrons. The standard InChI is InChI=1S/C51H40B2/c1-51(2)48-35-38(29-33-46(48)47-34-32-44(36-49(47)51)52(40-17-6-3-7-18-40)41-19-8-4-9-20-41)26-25-37-27-30-43(31-28-37)53(42-21-10-5-11-22-42)50-24-14-16-39-15-12-13-23-45(39)50/h3-36H,1-2H3/b26-25+. The van der Waals surface area contributed by atoms with Gasteiger partial charge in [-0.05, 0) is 44.2 Å². The normalized spacial score (nSPS) is 12.8. The lowest BCUT2D eigenvalue weighted by atomic mass is 9.36. The Labute approximate surface area is 314 Å². The summed E-state index contributed by atoms with van der Waals surface area (Å²) in [4.78, 5) is 0.